The van der Waals surface area contributed by atoms with E-state index in [0.717, 1.165) is 25.2 Å². The average Bonchev–Trinajstić information content (AvgIpc) is 2.21. The van der Waals surface area contributed by atoms with Crippen molar-refractivity contribution in [1.29, 1.82) is 0 Å². The van der Waals surface area contributed by atoms with Crippen molar-refractivity contribution in [1.82, 2.24) is 0 Å². The molecule has 0 bridgehead atoms. The number of ether oxygens (including phenoxy) is 1. The van der Waals surface area contributed by atoms with Gasteiger partial charge in [0.2, 0.25) is 0 Å². The second kappa shape index (κ2) is 3.06. The Morgan fingerprint density at radius 2 is 2.23 bits per heavy atom. The summed E-state index contributed by atoms with van der Waals surface area (Å²) < 4.78 is 5.65. The fourth-order valence-corrected chi connectivity index (χ4v) is 1.76. The molecule has 0 aromatic carbocycles. The molecule has 70 valence electrons. The van der Waals surface area contributed by atoms with Gasteiger partial charge in [0.25, 0.3) is 0 Å². The van der Waals surface area contributed by atoms with Crippen LogP contribution in [0.15, 0.2) is 35.6 Å². The second-order valence-electron chi connectivity index (χ2n) is 4.33. The van der Waals surface area contributed by atoms with Crippen molar-refractivity contribution in [2.24, 2.45) is 5.41 Å². The lowest BCUT2D eigenvalue weighted by Crippen LogP contribution is -2.10. The van der Waals surface area contributed by atoms with Gasteiger partial charge in [0, 0.05) is 5.41 Å². The van der Waals surface area contributed by atoms with Crippen LogP contribution in [-0.4, -0.2) is 6.61 Å². The fourth-order valence-electron chi connectivity index (χ4n) is 1.76. The molecule has 2 rings (SSSR count). The minimum Gasteiger partial charge on any atom is -0.494 e. The van der Waals surface area contributed by atoms with Gasteiger partial charge in [0.1, 0.15) is 5.76 Å². The second-order valence-corrected chi connectivity index (χ2v) is 4.33. The molecule has 1 aliphatic heterocycles. The zero-order valence-electron chi connectivity index (χ0n) is 8.34. The molecule has 0 aromatic rings. The van der Waals surface area contributed by atoms with Gasteiger partial charge in [-0.1, -0.05) is 32.1 Å². The molecule has 1 aliphatic carbocycles. The number of rotatable bonds is 0. The Morgan fingerprint density at radius 3 is 3.08 bits per heavy atom. The molecule has 0 atom stereocenters. The number of allylic oxidation sites excluding steroid dienone is 5. The predicted octanol–water partition coefficient (Wildman–Crippen LogP) is 3.20. The standard InChI is InChI=1S/C12H16O/c1-12(2)7-3-5-10-6-4-8-13-11(10)9-12/h3,5,7,9H,4,6,8H2,1-2H3. The van der Waals surface area contributed by atoms with E-state index in [0.29, 0.717) is 0 Å². The summed E-state index contributed by atoms with van der Waals surface area (Å²) in [4.78, 5) is 0. The van der Waals surface area contributed by atoms with Gasteiger partial charge in [-0.3, -0.25) is 0 Å². The van der Waals surface area contributed by atoms with Crippen LogP contribution in [0.5, 0.6) is 0 Å². The lowest BCUT2D eigenvalue weighted by molar-refractivity contribution is 0.190. The Balaban J connectivity index is 2.34. The molecular formula is C12H16O. The average molecular weight is 176 g/mol. The maximum absolute atomic E-state index is 5.65. The summed E-state index contributed by atoms with van der Waals surface area (Å²) in [5.41, 5.74) is 1.48. The normalized spacial score (nSPS) is 25.1. The molecule has 2 aliphatic rings. The van der Waals surface area contributed by atoms with Gasteiger partial charge in [-0.05, 0) is 24.5 Å². The van der Waals surface area contributed by atoms with E-state index in [9.17, 15) is 0 Å². The van der Waals surface area contributed by atoms with E-state index in [1.807, 2.05) is 0 Å². The van der Waals surface area contributed by atoms with Crippen LogP contribution in [0.2, 0.25) is 0 Å². The fraction of sp³-hybridized carbons (Fsp3) is 0.500. The molecule has 0 aromatic heterocycles. The van der Waals surface area contributed by atoms with Gasteiger partial charge in [-0.15, -0.1) is 0 Å². The molecular weight excluding hydrogens is 160 g/mol. The smallest absolute Gasteiger partial charge is 0.119 e. The summed E-state index contributed by atoms with van der Waals surface area (Å²) in [5.74, 6) is 1.10. The Labute approximate surface area is 79.8 Å². The van der Waals surface area contributed by atoms with Crippen molar-refractivity contribution >= 4 is 0 Å². The first kappa shape index (κ1) is 8.61. The summed E-state index contributed by atoms with van der Waals surface area (Å²) in [7, 11) is 0. The van der Waals surface area contributed by atoms with E-state index in [4.69, 9.17) is 4.74 Å². The third kappa shape index (κ3) is 1.85. The van der Waals surface area contributed by atoms with Crippen LogP contribution in [0.25, 0.3) is 0 Å². The molecule has 0 unspecified atom stereocenters. The molecule has 13 heavy (non-hydrogen) atoms. The maximum Gasteiger partial charge on any atom is 0.119 e. The first-order chi connectivity index (χ1) is 6.17. The summed E-state index contributed by atoms with van der Waals surface area (Å²) in [6.45, 7) is 5.27. The van der Waals surface area contributed by atoms with E-state index >= 15 is 0 Å². The van der Waals surface area contributed by atoms with E-state index in [1.54, 1.807) is 0 Å². The molecule has 1 fully saturated rings. The molecule has 1 nitrogen and oxygen atoms in total. The Bertz CT molecular complexity index is 292. The van der Waals surface area contributed by atoms with Crippen molar-refractivity contribution in [3.05, 3.63) is 35.6 Å². The largest absolute Gasteiger partial charge is 0.494 e. The van der Waals surface area contributed by atoms with Crippen molar-refractivity contribution in [3.8, 4) is 0 Å². The van der Waals surface area contributed by atoms with E-state index in [2.05, 4.69) is 38.2 Å². The highest BCUT2D eigenvalue weighted by molar-refractivity contribution is 5.36. The van der Waals surface area contributed by atoms with Crippen LogP contribution in [0, 0.1) is 5.41 Å². The first-order valence-corrected chi connectivity index (χ1v) is 4.92. The van der Waals surface area contributed by atoms with Crippen LogP contribution in [-0.2, 0) is 4.74 Å². The molecule has 1 saturated heterocycles. The van der Waals surface area contributed by atoms with Gasteiger partial charge in [0.15, 0.2) is 0 Å². The summed E-state index contributed by atoms with van der Waals surface area (Å²) in [6.07, 6.45) is 11.1. The Morgan fingerprint density at radius 1 is 1.38 bits per heavy atom. The zero-order chi connectivity index (χ0) is 9.31. The minimum absolute atomic E-state index is 0.130. The van der Waals surface area contributed by atoms with Crippen molar-refractivity contribution in [2.45, 2.75) is 26.7 Å². The van der Waals surface area contributed by atoms with Gasteiger partial charge < -0.3 is 4.74 Å². The predicted molar refractivity (Wildman–Crippen MR) is 54.3 cm³/mol. The topological polar surface area (TPSA) is 9.23 Å². The quantitative estimate of drug-likeness (QED) is 0.550. The highest BCUT2D eigenvalue weighted by atomic mass is 16.5. The summed E-state index contributed by atoms with van der Waals surface area (Å²) >= 11 is 0. The summed E-state index contributed by atoms with van der Waals surface area (Å²) in [6, 6.07) is 0. The van der Waals surface area contributed by atoms with Gasteiger partial charge >= 0.3 is 0 Å². The third-order valence-electron chi connectivity index (χ3n) is 2.49. The molecule has 0 radical (unpaired) electrons. The van der Waals surface area contributed by atoms with Crippen LogP contribution in [0.1, 0.15) is 26.7 Å². The van der Waals surface area contributed by atoms with Crippen molar-refractivity contribution < 1.29 is 4.74 Å². The first-order valence-electron chi connectivity index (χ1n) is 4.92. The molecule has 0 saturated carbocycles. The molecule has 0 amide bonds. The van der Waals surface area contributed by atoms with Gasteiger partial charge in [-0.25, -0.2) is 0 Å². The number of hydrogen-bond donors (Lipinski definition) is 0. The Hall–Kier alpha value is -0.980. The van der Waals surface area contributed by atoms with E-state index in [-0.39, 0.29) is 5.41 Å². The minimum atomic E-state index is 0.130. The van der Waals surface area contributed by atoms with Crippen LogP contribution in [0.4, 0.5) is 0 Å². The van der Waals surface area contributed by atoms with Crippen LogP contribution >= 0.6 is 0 Å². The van der Waals surface area contributed by atoms with E-state index < -0.39 is 0 Å². The van der Waals surface area contributed by atoms with E-state index in [1.165, 1.54) is 5.57 Å². The lowest BCUT2D eigenvalue weighted by Gasteiger charge is -2.22. The molecule has 0 N–H and O–H groups in total. The van der Waals surface area contributed by atoms with Gasteiger partial charge in [0.05, 0.1) is 6.61 Å². The van der Waals surface area contributed by atoms with Gasteiger partial charge in [-0.2, -0.15) is 0 Å². The molecule has 1 heteroatoms. The maximum atomic E-state index is 5.65. The molecule has 1 heterocycles. The monoisotopic (exact) mass is 176 g/mol. The Kier molecular flexibility index (Phi) is 2.03. The highest BCUT2D eigenvalue weighted by Gasteiger charge is 2.19. The SMILES string of the molecule is CC1(C)C=CC=C2CCCOC2=C1. The third-order valence-corrected chi connectivity index (χ3v) is 2.49. The van der Waals surface area contributed by atoms with Crippen molar-refractivity contribution in [3.63, 3.8) is 0 Å². The number of hydrogen-bond acceptors (Lipinski definition) is 1. The summed E-state index contributed by atoms with van der Waals surface area (Å²) in [5, 5.41) is 0. The van der Waals surface area contributed by atoms with Crippen LogP contribution < -0.4 is 0 Å². The van der Waals surface area contributed by atoms with Crippen LogP contribution in [0.3, 0.4) is 0 Å². The number of fused-ring (bicyclic) bond motifs is 1. The molecule has 0 spiro atoms. The zero-order valence-corrected chi connectivity index (χ0v) is 8.34. The lowest BCUT2D eigenvalue weighted by atomic mass is 9.92. The highest BCUT2D eigenvalue weighted by Crippen LogP contribution is 2.31. The van der Waals surface area contributed by atoms with Crippen molar-refractivity contribution in [2.75, 3.05) is 6.61 Å².